The van der Waals surface area contributed by atoms with Gasteiger partial charge >= 0.3 is 0 Å². The van der Waals surface area contributed by atoms with Crippen molar-refractivity contribution in [1.29, 1.82) is 0 Å². The molecule has 0 radical (unpaired) electrons. The second-order valence-corrected chi connectivity index (χ2v) is 6.00. The van der Waals surface area contributed by atoms with Crippen LogP contribution in [0.25, 0.3) is 0 Å². The lowest BCUT2D eigenvalue weighted by atomic mass is 10.2. The zero-order chi connectivity index (χ0) is 16.5. The predicted octanol–water partition coefficient (Wildman–Crippen LogP) is 0.444. The van der Waals surface area contributed by atoms with E-state index in [2.05, 4.69) is 15.1 Å². The van der Waals surface area contributed by atoms with Crippen molar-refractivity contribution in [1.82, 2.24) is 15.1 Å². The number of amides is 1. The SMILES string of the molecule is CN(C)C[C@@H]1CN(CC(=O)NCCOc2ccccc2)CCO1. The summed E-state index contributed by atoms with van der Waals surface area (Å²) in [4.78, 5) is 16.2. The van der Waals surface area contributed by atoms with Gasteiger partial charge in [0.2, 0.25) is 5.91 Å². The maximum absolute atomic E-state index is 12.0. The highest BCUT2D eigenvalue weighted by Gasteiger charge is 2.22. The van der Waals surface area contributed by atoms with Gasteiger partial charge in [-0.25, -0.2) is 0 Å². The van der Waals surface area contributed by atoms with Gasteiger partial charge in [-0.15, -0.1) is 0 Å². The lowest BCUT2D eigenvalue weighted by Crippen LogP contribution is -2.49. The van der Waals surface area contributed by atoms with Crippen molar-refractivity contribution in [3.05, 3.63) is 30.3 Å². The van der Waals surface area contributed by atoms with Crippen molar-refractivity contribution in [2.45, 2.75) is 6.10 Å². The fourth-order valence-electron chi connectivity index (χ4n) is 2.58. The number of ether oxygens (including phenoxy) is 2. The van der Waals surface area contributed by atoms with E-state index in [0.29, 0.717) is 26.3 Å². The Labute approximate surface area is 138 Å². The molecule has 1 aromatic carbocycles. The largest absolute Gasteiger partial charge is 0.492 e. The summed E-state index contributed by atoms with van der Waals surface area (Å²) in [5, 5.41) is 2.90. The van der Waals surface area contributed by atoms with Crippen molar-refractivity contribution < 1.29 is 14.3 Å². The van der Waals surface area contributed by atoms with Crippen LogP contribution in [0.15, 0.2) is 30.3 Å². The molecule has 0 unspecified atom stereocenters. The minimum atomic E-state index is 0.0344. The molecule has 0 aromatic heterocycles. The summed E-state index contributed by atoms with van der Waals surface area (Å²) >= 11 is 0. The Kier molecular flexibility index (Phi) is 7.32. The van der Waals surface area contributed by atoms with Crippen LogP contribution >= 0.6 is 0 Å². The van der Waals surface area contributed by atoms with Crippen LogP contribution in [0.1, 0.15) is 0 Å². The molecule has 0 bridgehead atoms. The van der Waals surface area contributed by atoms with Crippen LogP contribution < -0.4 is 10.1 Å². The van der Waals surface area contributed by atoms with Crippen LogP contribution in [0, 0.1) is 0 Å². The molecule has 128 valence electrons. The monoisotopic (exact) mass is 321 g/mol. The molecule has 1 aliphatic heterocycles. The van der Waals surface area contributed by atoms with Crippen LogP contribution in [0.5, 0.6) is 5.75 Å². The second kappa shape index (κ2) is 9.50. The molecule has 1 heterocycles. The van der Waals surface area contributed by atoms with Gasteiger partial charge < -0.3 is 19.7 Å². The molecule has 1 amide bonds. The first-order valence-electron chi connectivity index (χ1n) is 8.06. The van der Waals surface area contributed by atoms with E-state index < -0.39 is 0 Å². The Morgan fingerprint density at radius 1 is 1.39 bits per heavy atom. The minimum Gasteiger partial charge on any atom is -0.492 e. The fraction of sp³-hybridized carbons (Fsp3) is 0.588. The fourth-order valence-corrected chi connectivity index (χ4v) is 2.58. The number of carbonyl (C=O) groups is 1. The molecule has 2 rings (SSSR count). The van der Waals surface area contributed by atoms with Crippen LogP contribution in [0.4, 0.5) is 0 Å². The number of nitrogens with zero attached hydrogens (tertiary/aromatic N) is 2. The molecule has 1 atom stereocenters. The molecule has 6 heteroatoms. The maximum Gasteiger partial charge on any atom is 0.234 e. The van der Waals surface area contributed by atoms with Gasteiger partial charge in [-0.3, -0.25) is 9.69 Å². The Bertz CT molecular complexity index is 467. The molecule has 6 nitrogen and oxygen atoms in total. The molecule has 1 saturated heterocycles. The molecule has 1 aliphatic rings. The van der Waals surface area contributed by atoms with Crippen molar-refractivity contribution >= 4 is 5.91 Å². The molecule has 0 aliphatic carbocycles. The number of carbonyl (C=O) groups excluding carboxylic acids is 1. The highest BCUT2D eigenvalue weighted by atomic mass is 16.5. The van der Waals surface area contributed by atoms with Crippen LogP contribution in [0.2, 0.25) is 0 Å². The van der Waals surface area contributed by atoms with Crippen molar-refractivity contribution in [3.8, 4) is 5.75 Å². The number of hydrogen-bond acceptors (Lipinski definition) is 5. The Morgan fingerprint density at radius 3 is 2.91 bits per heavy atom. The lowest BCUT2D eigenvalue weighted by Gasteiger charge is -2.33. The van der Waals surface area contributed by atoms with Gasteiger partial charge in [-0.2, -0.15) is 0 Å². The summed E-state index contributed by atoms with van der Waals surface area (Å²) in [6, 6.07) is 9.61. The van der Waals surface area contributed by atoms with Gasteiger partial charge in [-0.1, -0.05) is 18.2 Å². The number of benzene rings is 1. The highest BCUT2D eigenvalue weighted by molar-refractivity contribution is 5.78. The van der Waals surface area contributed by atoms with Gasteiger partial charge in [0.25, 0.3) is 0 Å². The summed E-state index contributed by atoms with van der Waals surface area (Å²) in [6.07, 6.45) is 0.174. The third-order valence-electron chi connectivity index (χ3n) is 3.60. The maximum atomic E-state index is 12.0. The van der Waals surface area contributed by atoms with Gasteiger partial charge in [0.15, 0.2) is 0 Å². The molecule has 0 spiro atoms. The van der Waals surface area contributed by atoms with Crippen molar-refractivity contribution in [2.75, 3.05) is 60.0 Å². The number of morpholine rings is 1. The van der Waals surface area contributed by atoms with E-state index >= 15 is 0 Å². The van der Waals surface area contributed by atoms with E-state index in [9.17, 15) is 4.79 Å². The summed E-state index contributed by atoms with van der Waals surface area (Å²) in [6.45, 7) is 4.57. The Morgan fingerprint density at radius 2 is 2.17 bits per heavy atom. The third kappa shape index (κ3) is 6.99. The quantitative estimate of drug-likeness (QED) is 0.705. The number of para-hydroxylation sites is 1. The number of hydrogen-bond donors (Lipinski definition) is 1. The molecule has 1 aromatic rings. The molecule has 1 N–H and O–H groups in total. The average molecular weight is 321 g/mol. The zero-order valence-electron chi connectivity index (χ0n) is 14.0. The Hall–Kier alpha value is -1.63. The first-order chi connectivity index (χ1) is 11.1. The van der Waals surface area contributed by atoms with Crippen LogP contribution in [-0.2, 0) is 9.53 Å². The second-order valence-electron chi connectivity index (χ2n) is 6.00. The first kappa shape index (κ1) is 17.7. The summed E-state index contributed by atoms with van der Waals surface area (Å²) in [5.74, 6) is 0.855. The number of nitrogens with one attached hydrogen (secondary N) is 1. The third-order valence-corrected chi connectivity index (χ3v) is 3.60. The van der Waals surface area contributed by atoms with Crippen molar-refractivity contribution in [2.24, 2.45) is 0 Å². The smallest absolute Gasteiger partial charge is 0.234 e. The molecular formula is C17H27N3O3. The average Bonchev–Trinajstić information content (AvgIpc) is 2.52. The highest BCUT2D eigenvalue weighted by Crippen LogP contribution is 2.07. The summed E-state index contributed by atoms with van der Waals surface area (Å²) in [5.41, 5.74) is 0. The normalized spacial score (nSPS) is 18.8. The van der Waals surface area contributed by atoms with Crippen LogP contribution in [0.3, 0.4) is 0 Å². The first-order valence-corrected chi connectivity index (χ1v) is 8.06. The zero-order valence-corrected chi connectivity index (χ0v) is 14.0. The van der Waals surface area contributed by atoms with E-state index in [4.69, 9.17) is 9.47 Å². The van der Waals surface area contributed by atoms with E-state index in [-0.39, 0.29) is 12.0 Å². The summed E-state index contributed by atoms with van der Waals surface area (Å²) < 4.78 is 11.3. The van der Waals surface area contributed by atoms with Gasteiger partial charge in [0, 0.05) is 19.6 Å². The number of rotatable bonds is 8. The van der Waals surface area contributed by atoms with E-state index in [1.165, 1.54) is 0 Å². The standard InChI is InChI=1S/C17H27N3O3/c1-19(2)12-16-13-20(9-11-23-16)14-17(21)18-8-10-22-15-6-4-3-5-7-15/h3-7,16H,8-14H2,1-2H3,(H,18,21)/t16-/m1/s1. The van der Waals surface area contributed by atoms with E-state index in [1.807, 2.05) is 44.4 Å². The molecule has 0 saturated carbocycles. The number of likely N-dealkylation sites (N-methyl/N-ethyl adjacent to an activating group) is 1. The summed E-state index contributed by atoms with van der Waals surface area (Å²) in [7, 11) is 4.06. The van der Waals surface area contributed by atoms with E-state index in [0.717, 1.165) is 25.4 Å². The topological polar surface area (TPSA) is 54.0 Å². The van der Waals surface area contributed by atoms with Gasteiger partial charge in [0.05, 0.1) is 25.8 Å². The molecule has 1 fully saturated rings. The van der Waals surface area contributed by atoms with Crippen molar-refractivity contribution in [3.63, 3.8) is 0 Å². The minimum absolute atomic E-state index is 0.0344. The van der Waals surface area contributed by atoms with Crippen LogP contribution in [-0.4, -0.2) is 81.8 Å². The molecule has 23 heavy (non-hydrogen) atoms. The predicted molar refractivity (Wildman–Crippen MR) is 89.7 cm³/mol. The Balaban J connectivity index is 1.60. The lowest BCUT2D eigenvalue weighted by molar-refractivity contribution is -0.124. The van der Waals surface area contributed by atoms with E-state index in [1.54, 1.807) is 0 Å². The molecular weight excluding hydrogens is 294 g/mol. The van der Waals surface area contributed by atoms with Gasteiger partial charge in [-0.05, 0) is 26.2 Å². The van der Waals surface area contributed by atoms with Gasteiger partial charge in [0.1, 0.15) is 12.4 Å².